The highest BCUT2D eigenvalue weighted by molar-refractivity contribution is 5.83. The van der Waals surface area contributed by atoms with Crippen LogP contribution in [0.4, 0.5) is 0 Å². The van der Waals surface area contributed by atoms with Crippen molar-refractivity contribution in [2.75, 3.05) is 6.61 Å². The van der Waals surface area contributed by atoms with Crippen molar-refractivity contribution in [1.82, 2.24) is 0 Å². The maximum Gasteiger partial charge on any atom is 0.143 e. The maximum absolute atomic E-state index is 11.0. The molecule has 26 heavy (non-hydrogen) atoms. The summed E-state index contributed by atoms with van der Waals surface area (Å²) in [5, 5.41) is 0. The van der Waals surface area contributed by atoms with Gasteiger partial charge < -0.3 is 4.74 Å². The van der Waals surface area contributed by atoms with Gasteiger partial charge in [-0.25, -0.2) is 0 Å². The van der Waals surface area contributed by atoms with Gasteiger partial charge in [0.05, 0.1) is 6.61 Å². The van der Waals surface area contributed by atoms with Gasteiger partial charge in [0.1, 0.15) is 12.0 Å². The third-order valence-electron chi connectivity index (χ3n) is 5.95. The molecule has 0 aliphatic heterocycles. The predicted molar refractivity (Wildman–Crippen MR) is 111 cm³/mol. The van der Waals surface area contributed by atoms with Crippen molar-refractivity contribution in [2.45, 2.75) is 90.9 Å². The first-order valence-electron chi connectivity index (χ1n) is 10.2. The van der Waals surface area contributed by atoms with E-state index < -0.39 is 0 Å². The van der Waals surface area contributed by atoms with Crippen LogP contribution < -0.4 is 4.74 Å². The average molecular weight is 357 g/mol. The van der Waals surface area contributed by atoms with Gasteiger partial charge in [-0.1, -0.05) is 53.9 Å². The van der Waals surface area contributed by atoms with Gasteiger partial charge in [0.15, 0.2) is 0 Å². The average Bonchev–Trinajstić information content (AvgIpc) is 2.58. The van der Waals surface area contributed by atoms with E-state index >= 15 is 0 Å². The van der Waals surface area contributed by atoms with Crippen molar-refractivity contribution < 1.29 is 9.53 Å². The lowest BCUT2D eigenvalue weighted by Gasteiger charge is -2.42. The maximum atomic E-state index is 11.0. The molecule has 0 aromatic heterocycles. The lowest BCUT2D eigenvalue weighted by Crippen LogP contribution is -2.34. The molecule has 1 aromatic rings. The van der Waals surface area contributed by atoms with E-state index in [2.05, 4.69) is 46.8 Å². The number of aldehydes is 1. The number of benzene rings is 1. The molecule has 0 bridgehead atoms. The summed E-state index contributed by atoms with van der Waals surface area (Å²) < 4.78 is 6.22. The van der Waals surface area contributed by atoms with Gasteiger partial charge in [-0.05, 0) is 71.9 Å². The van der Waals surface area contributed by atoms with E-state index in [9.17, 15) is 4.79 Å². The van der Waals surface area contributed by atoms with Gasteiger partial charge in [0.25, 0.3) is 0 Å². The number of allylic oxidation sites excluding steroid dienone is 2. The van der Waals surface area contributed by atoms with Crippen molar-refractivity contribution in [1.29, 1.82) is 0 Å². The number of hydrogen-bond acceptors (Lipinski definition) is 2. The molecular formula is C24H36O2. The number of carbonyl (C=O) groups is 1. The zero-order valence-corrected chi connectivity index (χ0v) is 17.6. The van der Waals surface area contributed by atoms with Crippen LogP contribution in [0.15, 0.2) is 18.2 Å². The van der Waals surface area contributed by atoms with E-state index in [1.807, 2.05) is 6.92 Å². The fraction of sp³-hybridized carbons (Fsp3) is 0.625. The molecule has 1 aliphatic rings. The molecule has 2 rings (SSSR count). The topological polar surface area (TPSA) is 26.3 Å². The molecule has 0 heterocycles. The van der Waals surface area contributed by atoms with E-state index in [-0.39, 0.29) is 10.8 Å². The minimum atomic E-state index is 0.153. The lowest BCUT2D eigenvalue weighted by atomic mass is 9.62. The Morgan fingerprint density at radius 2 is 1.65 bits per heavy atom. The third kappa shape index (κ3) is 4.58. The minimum Gasteiger partial charge on any atom is -0.493 e. The number of hydrogen-bond donors (Lipinski definition) is 0. The quantitative estimate of drug-likeness (QED) is 0.298. The predicted octanol–water partition coefficient (Wildman–Crippen LogP) is 6.60. The highest BCUT2D eigenvalue weighted by atomic mass is 16.5. The zero-order chi connectivity index (χ0) is 19.4. The summed E-state index contributed by atoms with van der Waals surface area (Å²) in [6.45, 7) is 14.3. The number of fused-ring (bicyclic) bond motifs is 1. The Morgan fingerprint density at radius 1 is 1.04 bits per heavy atom. The van der Waals surface area contributed by atoms with Crippen molar-refractivity contribution in [3.05, 3.63) is 34.9 Å². The number of rotatable bonds is 8. The summed E-state index contributed by atoms with van der Waals surface area (Å²) in [5.41, 5.74) is 5.16. The van der Waals surface area contributed by atoms with Crippen LogP contribution in [0.1, 0.15) is 96.8 Å². The van der Waals surface area contributed by atoms with Crippen LogP contribution >= 0.6 is 0 Å². The number of unbranched alkanes of at least 4 members (excludes halogenated alkanes) is 3. The molecule has 2 heteroatoms. The lowest BCUT2D eigenvalue weighted by molar-refractivity contribution is -0.104. The van der Waals surface area contributed by atoms with Crippen LogP contribution in [0.5, 0.6) is 5.75 Å². The SMILES string of the molecule is CCCCCCOc1cc2c(cc1C(C)=CC=O)C(C)(C)CCC2(C)C. The van der Waals surface area contributed by atoms with E-state index in [1.165, 1.54) is 43.2 Å². The van der Waals surface area contributed by atoms with Gasteiger partial charge in [-0.15, -0.1) is 0 Å². The van der Waals surface area contributed by atoms with E-state index in [1.54, 1.807) is 6.08 Å². The van der Waals surface area contributed by atoms with Crippen molar-refractivity contribution in [3.63, 3.8) is 0 Å². The van der Waals surface area contributed by atoms with E-state index in [4.69, 9.17) is 4.74 Å². The Bertz CT molecular complexity index is 665. The molecule has 1 aromatic carbocycles. The van der Waals surface area contributed by atoms with Crippen LogP contribution in [-0.4, -0.2) is 12.9 Å². The molecule has 0 saturated heterocycles. The molecule has 2 nitrogen and oxygen atoms in total. The highest BCUT2D eigenvalue weighted by Crippen LogP contribution is 2.48. The van der Waals surface area contributed by atoms with Gasteiger partial charge in [-0.2, -0.15) is 0 Å². The molecule has 0 unspecified atom stereocenters. The summed E-state index contributed by atoms with van der Waals surface area (Å²) in [6.07, 6.45) is 9.65. The molecular weight excluding hydrogens is 320 g/mol. The molecule has 144 valence electrons. The third-order valence-corrected chi connectivity index (χ3v) is 5.95. The van der Waals surface area contributed by atoms with Crippen LogP contribution in [0.3, 0.4) is 0 Å². The molecule has 0 spiro atoms. The van der Waals surface area contributed by atoms with Crippen molar-refractivity contribution in [2.24, 2.45) is 0 Å². The van der Waals surface area contributed by atoms with Crippen molar-refractivity contribution in [3.8, 4) is 5.75 Å². The van der Waals surface area contributed by atoms with Crippen LogP contribution in [0.25, 0.3) is 5.57 Å². The first-order valence-corrected chi connectivity index (χ1v) is 10.2. The van der Waals surface area contributed by atoms with Crippen LogP contribution in [0, 0.1) is 0 Å². The Hall–Kier alpha value is -1.57. The zero-order valence-electron chi connectivity index (χ0n) is 17.6. The number of carbonyl (C=O) groups excluding carboxylic acids is 1. The summed E-state index contributed by atoms with van der Waals surface area (Å²) in [6, 6.07) is 4.54. The fourth-order valence-electron chi connectivity index (χ4n) is 3.92. The first-order chi connectivity index (χ1) is 12.2. The fourth-order valence-corrected chi connectivity index (χ4v) is 3.92. The first kappa shape index (κ1) is 20.7. The van der Waals surface area contributed by atoms with Crippen LogP contribution in [0.2, 0.25) is 0 Å². The van der Waals surface area contributed by atoms with Gasteiger partial charge in [0, 0.05) is 5.56 Å². The summed E-state index contributed by atoms with van der Waals surface area (Å²) >= 11 is 0. The van der Waals surface area contributed by atoms with Crippen molar-refractivity contribution >= 4 is 11.9 Å². The van der Waals surface area contributed by atoms with Gasteiger partial charge >= 0.3 is 0 Å². The molecule has 0 N–H and O–H groups in total. The molecule has 0 fully saturated rings. The Labute approximate surface area is 160 Å². The second-order valence-electron chi connectivity index (χ2n) is 9.06. The number of ether oxygens (including phenoxy) is 1. The minimum absolute atomic E-state index is 0.153. The molecule has 0 amide bonds. The largest absolute Gasteiger partial charge is 0.493 e. The van der Waals surface area contributed by atoms with E-state index in [0.717, 1.165) is 36.2 Å². The highest BCUT2D eigenvalue weighted by Gasteiger charge is 2.38. The summed E-state index contributed by atoms with van der Waals surface area (Å²) in [7, 11) is 0. The second-order valence-corrected chi connectivity index (χ2v) is 9.06. The van der Waals surface area contributed by atoms with Gasteiger partial charge in [0.2, 0.25) is 0 Å². The van der Waals surface area contributed by atoms with Gasteiger partial charge in [-0.3, -0.25) is 4.79 Å². The second kappa shape index (κ2) is 8.41. The van der Waals surface area contributed by atoms with E-state index in [0.29, 0.717) is 0 Å². The summed E-state index contributed by atoms with van der Waals surface area (Å²) in [4.78, 5) is 11.0. The Balaban J connectivity index is 2.44. The Kier molecular flexibility index (Phi) is 6.71. The molecule has 0 radical (unpaired) electrons. The smallest absolute Gasteiger partial charge is 0.143 e. The molecule has 0 saturated carbocycles. The summed E-state index contributed by atoms with van der Waals surface area (Å²) in [5.74, 6) is 0.932. The normalized spacial score (nSPS) is 18.3. The standard InChI is InChI=1S/C24H36O2/c1-7-8-9-10-15-26-22-17-21-20(16-19(22)18(2)11-14-25)23(3,4)12-13-24(21,5)6/h11,14,16-17H,7-10,12-13,15H2,1-6H3. The monoisotopic (exact) mass is 356 g/mol. The van der Waals surface area contributed by atoms with Crippen LogP contribution in [-0.2, 0) is 15.6 Å². The Morgan fingerprint density at radius 3 is 2.23 bits per heavy atom. The molecule has 0 atom stereocenters. The molecule has 1 aliphatic carbocycles.